The van der Waals surface area contributed by atoms with E-state index in [9.17, 15) is 9.59 Å². The molecular formula is C24H26N2O4. The molecule has 0 saturated heterocycles. The van der Waals surface area contributed by atoms with Gasteiger partial charge in [-0.3, -0.25) is 9.78 Å². The van der Waals surface area contributed by atoms with E-state index in [0.717, 1.165) is 34.2 Å². The number of rotatable bonds is 4. The fraction of sp³-hybridized carbons (Fsp3) is 0.458. The zero-order valence-corrected chi connectivity index (χ0v) is 17.7. The highest BCUT2D eigenvalue weighted by Gasteiger charge is 2.54. The van der Waals surface area contributed by atoms with Crippen molar-refractivity contribution in [3.05, 3.63) is 52.2 Å². The summed E-state index contributed by atoms with van der Waals surface area (Å²) in [4.78, 5) is 33.2. The van der Waals surface area contributed by atoms with Crippen LogP contribution in [0.3, 0.4) is 0 Å². The van der Waals surface area contributed by atoms with Crippen LogP contribution in [0.4, 0.5) is 0 Å². The van der Waals surface area contributed by atoms with Crippen molar-refractivity contribution in [2.45, 2.75) is 58.2 Å². The number of esters is 1. The number of benzene rings is 1. The summed E-state index contributed by atoms with van der Waals surface area (Å²) in [6.07, 6.45) is 1.88. The maximum absolute atomic E-state index is 13.5. The average Bonchev–Trinajstić information content (AvgIpc) is 3.13. The second-order valence-corrected chi connectivity index (χ2v) is 8.12. The predicted molar refractivity (Wildman–Crippen MR) is 112 cm³/mol. The van der Waals surface area contributed by atoms with E-state index in [-0.39, 0.29) is 24.5 Å². The van der Waals surface area contributed by atoms with E-state index in [1.54, 1.807) is 0 Å². The maximum Gasteiger partial charge on any atom is 0.343 e. The standard InChI is InChI=1S/C24H26N2O4/c1-4-14-15-9-7-8-10-19(15)25-21-16(14)12-26-20(21)11-18-17(22(26)27)13-29-23(28)24(18,5-2)30-6-3/h7-10,20H,4-6,11-13H2,1-3H3/t20?,24-/m0/s1. The Morgan fingerprint density at radius 1 is 1.23 bits per heavy atom. The molecule has 1 unspecified atom stereocenters. The van der Waals surface area contributed by atoms with Crippen LogP contribution in [0.5, 0.6) is 0 Å². The van der Waals surface area contributed by atoms with Crippen LogP contribution in [-0.4, -0.2) is 40.6 Å². The highest BCUT2D eigenvalue weighted by molar-refractivity contribution is 6.01. The quantitative estimate of drug-likeness (QED) is 0.726. The van der Waals surface area contributed by atoms with Crippen LogP contribution in [0.1, 0.15) is 56.5 Å². The second-order valence-electron chi connectivity index (χ2n) is 8.12. The van der Waals surface area contributed by atoms with E-state index in [1.807, 2.05) is 36.9 Å². The van der Waals surface area contributed by atoms with E-state index in [2.05, 4.69) is 13.0 Å². The van der Waals surface area contributed by atoms with Crippen molar-refractivity contribution in [3.8, 4) is 0 Å². The highest BCUT2D eigenvalue weighted by atomic mass is 16.6. The Labute approximate surface area is 175 Å². The maximum atomic E-state index is 13.5. The highest BCUT2D eigenvalue weighted by Crippen LogP contribution is 2.49. The van der Waals surface area contributed by atoms with Crippen LogP contribution in [0, 0.1) is 0 Å². The number of ether oxygens (including phenoxy) is 2. The van der Waals surface area contributed by atoms with E-state index in [1.165, 1.54) is 5.56 Å². The number of fused-ring (bicyclic) bond motifs is 4. The second kappa shape index (κ2) is 6.91. The van der Waals surface area contributed by atoms with Gasteiger partial charge < -0.3 is 14.4 Å². The normalized spacial score (nSPS) is 25.3. The van der Waals surface area contributed by atoms with Gasteiger partial charge in [0.05, 0.1) is 22.8 Å². The summed E-state index contributed by atoms with van der Waals surface area (Å²) in [5.74, 6) is -0.443. The Kier molecular flexibility index (Phi) is 4.43. The number of pyridine rings is 1. The molecule has 3 aliphatic heterocycles. The van der Waals surface area contributed by atoms with Crippen LogP contribution in [0.25, 0.3) is 10.9 Å². The largest absolute Gasteiger partial charge is 0.458 e. The van der Waals surface area contributed by atoms with Gasteiger partial charge in [-0.1, -0.05) is 32.0 Å². The lowest BCUT2D eigenvalue weighted by Gasteiger charge is -2.43. The van der Waals surface area contributed by atoms with Crippen molar-refractivity contribution < 1.29 is 19.1 Å². The number of cyclic esters (lactones) is 1. The molecule has 0 radical (unpaired) electrons. The summed E-state index contributed by atoms with van der Waals surface area (Å²) in [7, 11) is 0. The Balaban J connectivity index is 1.67. The summed E-state index contributed by atoms with van der Waals surface area (Å²) in [5, 5.41) is 1.15. The summed E-state index contributed by atoms with van der Waals surface area (Å²) >= 11 is 0. The van der Waals surface area contributed by atoms with Gasteiger partial charge in [-0.05, 0) is 49.0 Å². The number of hydrogen-bond donors (Lipinski definition) is 0. The van der Waals surface area contributed by atoms with Crippen LogP contribution in [0.2, 0.25) is 0 Å². The monoisotopic (exact) mass is 406 g/mol. The SMILES string of the molecule is CCO[C@]1(CC)C(=O)OCC2=C1CC1c3nc4ccccc4c(CC)c3CN1C2=O. The number of para-hydroxylation sites is 1. The molecule has 1 aromatic heterocycles. The molecular weight excluding hydrogens is 380 g/mol. The van der Waals surface area contributed by atoms with E-state index in [4.69, 9.17) is 14.5 Å². The Hall–Kier alpha value is -2.73. The molecule has 5 rings (SSSR count). The van der Waals surface area contributed by atoms with E-state index < -0.39 is 5.60 Å². The molecule has 3 aliphatic rings. The molecule has 156 valence electrons. The fourth-order valence-corrected chi connectivity index (χ4v) is 5.45. The molecule has 0 N–H and O–H groups in total. The van der Waals surface area contributed by atoms with Gasteiger partial charge >= 0.3 is 5.97 Å². The molecule has 0 bridgehead atoms. The zero-order valence-electron chi connectivity index (χ0n) is 17.7. The molecule has 6 heteroatoms. The van der Waals surface area contributed by atoms with Gasteiger partial charge in [0.1, 0.15) is 6.61 Å². The zero-order chi connectivity index (χ0) is 21.0. The van der Waals surface area contributed by atoms with Gasteiger partial charge in [-0.25, -0.2) is 4.79 Å². The Bertz CT molecular complexity index is 1110. The van der Waals surface area contributed by atoms with Crippen molar-refractivity contribution in [3.63, 3.8) is 0 Å². The minimum atomic E-state index is -1.17. The fourth-order valence-electron chi connectivity index (χ4n) is 5.45. The molecule has 2 atom stereocenters. The molecule has 30 heavy (non-hydrogen) atoms. The van der Waals surface area contributed by atoms with E-state index in [0.29, 0.717) is 31.6 Å². The Morgan fingerprint density at radius 2 is 2.03 bits per heavy atom. The number of aromatic nitrogens is 1. The van der Waals surface area contributed by atoms with Gasteiger partial charge in [0, 0.05) is 18.5 Å². The predicted octanol–water partition coefficient (Wildman–Crippen LogP) is 3.62. The van der Waals surface area contributed by atoms with Crippen molar-refractivity contribution >= 4 is 22.8 Å². The number of carbonyl (C=O) groups excluding carboxylic acids is 2. The van der Waals surface area contributed by atoms with Gasteiger partial charge in [0.2, 0.25) is 0 Å². The first kappa shape index (κ1) is 19.2. The summed E-state index contributed by atoms with van der Waals surface area (Å²) < 4.78 is 11.4. The smallest absolute Gasteiger partial charge is 0.343 e. The minimum Gasteiger partial charge on any atom is -0.458 e. The summed E-state index contributed by atoms with van der Waals surface area (Å²) in [6.45, 7) is 6.88. The van der Waals surface area contributed by atoms with Crippen LogP contribution >= 0.6 is 0 Å². The first-order chi connectivity index (χ1) is 14.6. The molecule has 0 fully saturated rings. The molecule has 1 amide bonds. The van der Waals surface area contributed by atoms with Crippen LogP contribution in [-0.2, 0) is 32.0 Å². The summed E-state index contributed by atoms with van der Waals surface area (Å²) in [6, 6.07) is 7.99. The lowest BCUT2D eigenvalue weighted by atomic mass is 9.78. The molecule has 0 aliphatic carbocycles. The van der Waals surface area contributed by atoms with Gasteiger partial charge in [-0.2, -0.15) is 0 Å². The Morgan fingerprint density at radius 3 is 2.77 bits per heavy atom. The van der Waals surface area contributed by atoms with Crippen LogP contribution < -0.4 is 0 Å². The summed E-state index contributed by atoms with van der Waals surface area (Å²) in [5.41, 5.74) is 4.53. The lowest BCUT2D eigenvalue weighted by molar-refractivity contribution is -0.171. The van der Waals surface area contributed by atoms with Crippen molar-refractivity contribution in [2.24, 2.45) is 0 Å². The van der Waals surface area contributed by atoms with Crippen molar-refractivity contribution in [1.82, 2.24) is 9.88 Å². The number of aryl methyl sites for hydroxylation is 1. The van der Waals surface area contributed by atoms with Crippen molar-refractivity contribution in [1.29, 1.82) is 0 Å². The number of hydrogen-bond acceptors (Lipinski definition) is 5. The van der Waals surface area contributed by atoms with Crippen LogP contribution in [0.15, 0.2) is 35.4 Å². The van der Waals surface area contributed by atoms with Gasteiger partial charge in [0.25, 0.3) is 5.91 Å². The first-order valence-corrected chi connectivity index (χ1v) is 10.8. The average molecular weight is 406 g/mol. The molecule has 1 aromatic carbocycles. The van der Waals surface area contributed by atoms with E-state index >= 15 is 0 Å². The molecule has 2 aromatic rings. The van der Waals surface area contributed by atoms with Gasteiger partial charge in [-0.15, -0.1) is 0 Å². The number of amides is 1. The third-order valence-corrected chi connectivity index (χ3v) is 6.85. The lowest BCUT2D eigenvalue weighted by Crippen LogP contribution is -2.53. The third-order valence-electron chi connectivity index (χ3n) is 6.85. The molecule has 6 nitrogen and oxygen atoms in total. The third kappa shape index (κ3) is 2.43. The number of carbonyl (C=O) groups is 2. The molecule has 0 saturated carbocycles. The van der Waals surface area contributed by atoms with Gasteiger partial charge in [0.15, 0.2) is 5.60 Å². The number of nitrogens with zero attached hydrogens (tertiary/aromatic N) is 2. The van der Waals surface area contributed by atoms with Crippen molar-refractivity contribution in [2.75, 3.05) is 13.2 Å². The molecule has 4 heterocycles. The minimum absolute atomic E-state index is 0.0252. The molecule has 0 spiro atoms. The first-order valence-electron chi connectivity index (χ1n) is 10.8. The topological polar surface area (TPSA) is 68.7 Å².